The molecule has 0 unspecified atom stereocenters. The second kappa shape index (κ2) is 9.27. The number of fused-ring (bicyclic) bond motifs is 1. The van der Waals surface area contributed by atoms with Gasteiger partial charge in [-0.25, -0.2) is 4.39 Å². The Balaban J connectivity index is 1.39. The number of rotatable bonds is 6. The van der Waals surface area contributed by atoms with E-state index in [9.17, 15) is 0 Å². The smallest absolute Gasteiger partial charge is 0.192 e. The van der Waals surface area contributed by atoms with Crippen molar-refractivity contribution in [3.05, 3.63) is 59.1 Å². The molecule has 198 valence electrons. The minimum absolute atomic E-state index is 0.0627. The van der Waals surface area contributed by atoms with Crippen molar-refractivity contribution in [2.24, 2.45) is 0 Å². The van der Waals surface area contributed by atoms with Crippen molar-refractivity contribution >= 4 is 20.1 Å². The first kappa shape index (κ1) is 26.5. The molecule has 0 saturated heterocycles. The first-order valence-electron chi connectivity index (χ1n) is 13.1. The molecule has 0 amide bonds. The molecule has 0 N–H and O–H groups in total. The predicted octanol–water partition coefficient (Wildman–Crippen LogP) is 6.33. The van der Waals surface area contributed by atoms with E-state index in [-0.39, 0.29) is 15.6 Å². The average molecular weight is 540 g/mol. The fraction of sp³-hybridized carbons (Fsp3) is 0.571. The van der Waals surface area contributed by atoms with Crippen LogP contribution in [0.5, 0.6) is 0 Å². The van der Waals surface area contributed by atoms with Crippen LogP contribution in [-0.4, -0.2) is 50.4 Å². The molecule has 2 aliphatic rings. The molecule has 1 saturated carbocycles. The van der Waals surface area contributed by atoms with Crippen molar-refractivity contribution in [2.45, 2.75) is 88.7 Å². The Hall–Kier alpha value is -2.10. The largest absolute Gasteiger partial charge is 0.415 e. The second-order valence-corrected chi connectivity index (χ2v) is 18.9. The molecule has 1 aliphatic carbocycles. The standard InChI is InChI=1S/C28H38FN5OSSi/c1-19-8-11-23(31-30-19)20-9-10-21(22(29)16-20)28(12-13-28)25-33-32-24-17-27(5,36-15-14-34(24)25)18-35-37(6,7)26(2,3)4/h8-11,16H,12-15,17-18H2,1-7H3/t27-/m1/s1. The highest BCUT2D eigenvalue weighted by Gasteiger charge is 2.52. The summed E-state index contributed by atoms with van der Waals surface area (Å²) in [5, 5.41) is 17.8. The van der Waals surface area contributed by atoms with Crippen molar-refractivity contribution in [2.75, 3.05) is 12.4 Å². The molecule has 0 radical (unpaired) electrons. The predicted molar refractivity (Wildman–Crippen MR) is 150 cm³/mol. The highest BCUT2D eigenvalue weighted by Crippen LogP contribution is 2.54. The number of benzene rings is 1. The molecule has 9 heteroatoms. The quantitative estimate of drug-likeness (QED) is 0.341. The Labute approximate surface area is 225 Å². The molecule has 1 fully saturated rings. The van der Waals surface area contributed by atoms with Crippen LogP contribution in [0.3, 0.4) is 0 Å². The summed E-state index contributed by atoms with van der Waals surface area (Å²) in [4.78, 5) is 0. The molecule has 1 aliphatic heterocycles. The molecule has 2 aromatic heterocycles. The molecular weight excluding hydrogens is 501 g/mol. The molecule has 3 aromatic rings. The van der Waals surface area contributed by atoms with Gasteiger partial charge in [0.2, 0.25) is 0 Å². The lowest BCUT2D eigenvalue weighted by Gasteiger charge is -2.39. The highest BCUT2D eigenvalue weighted by molar-refractivity contribution is 8.00. The van der Waals surface area contributed by atoms with Crippen molar-refractivity contribution in [3.8, 4) is 11.3 Å². The first-order chi connectivity index (χ1) is 17.3. The lowest BCUT2D eigenvalue weighted by atomic mass is 9.92. The van der Waals surface area contributed by atoms with Gasteiger partial charge in [-0.05, 0) is 63.0 Å². The van der Waals surface area contributed by atoms with Crippen LogP contribution in [0.1, 0.15) is 63.4 Å². The summed E-state index contributed by atoms with van der Waals surface area (Å²) >= 11 is 1.96. The molecule has 0 bridgehead atoms. The summed E-state index contributed by atoms with van der Waals surface area (Å²) in [5.41, 5.74) is 2.54. The molecule has 0 spiro atoms. The Bertz CT molecular complexity index is 1300. The minimum atomic E-state index is -1.85. The Kier molecular flexibility index (Phi) is 6.64. The van der Waals surface area contributed by atoms with Gasteiger partial charge in [0.15, 0.2) is 8.32 Å². The van der Waals surface area contributed by atoms with Crippen molar-refractivity contribution in [1.29, 1.82) is 0 Å². The number of aryl methyl sites for hydroxylation is 1. The van der Waals surface area contributed by atoms with Crippen molar-refractivity contribution in [1.82, 2.24) is 25.0 Å². The SMILES string of the molecule is Cc1ccc(-c2ccc(C3(c4nnc5n4CCS[C@@](C)(CO[Si](C)(C)C(C)(C)C)C5)CC3)c(F)c2)nn1. The van der Waals surface area contributed by atoms with Crippen LogP contribution < -0.4 is 0 Å². The van der Waals surface area contributed by atoms with Gasteiger partial charge in [-0.1, -0.05) is 32.9 Å². The summed E-state index contributed by atoms with van der Waals surface area (Å²) in [7, 11) is -1.85. The number of thioether (sulfide) groups is 1. The van der Waals surface area contributed by atoms with Gasteiger partial charge in [0.05, 0.1) is 16.8 Å². The van der Waals surface area contributed by atoms with E-state index in [0.717, 1.165) is 54.5 Å². The van der Waals surface area contributed by atoms with E-state index in [0.29, 0.717) is 17.9 Å². The van der Waals surface area contributed by atoms with Crippen molar-refractivity contribution < 1.29 is 8.82 Å². The molecule has 3 heterocycles. The highest BCUT2D eigenvalue weighted by atomic mass is 32.2. The van der Waals surface area contributed by atoms with E-state index in [1.807, 2.05) is 43.0 Å². The topological polar surface area (TPSA) is 65.7 Å². The van der Waals surface area contributed by atoms with Crippen LogP contribution in [0.25, 0.3) is 11.3 Å². The van der Waals surface area contributed by atoms with E-state index < -0.39 is 13.7 Å². The van der Waals surface area contributed by atoms with E-state index in [2.05, 4.69) is 65.8 Å². The maximum atomic E-state index is 15.6. The summed E-state index contributed by atoms with van der Waals surface area (Å²) in [6, 6.07) is 9.21. The number of nitrogens with zero attached hydrogens (tertiary/aromatic N) is 5. The second-order valence-electron chi connectivity index (χ2n) is 12.5. The third-order valence-corrected chi connectivity index (χ3v) is 14.2. The lowest BCUT2D eigenvalue weighted by molar-refractivity contribution is 0.252. The number of aromatic nitrogens is 5. The molecule has 1 aromatic carbocycles. The molecule has 6 nitrogen and oxygen atoms in total. The summed E-state index contributed by atoms with van der Waals surface area (Å²) in [6.07, 6.45) is 2.55. The number of hydrogen-bond donors (Lipinski definition) is 0. The van der Waals surface area contributed by atoms with Gasteiger partial charge in [-0.3, -0.25) is 0 Å². The Morgan fingerprint density at radius 3 is 2.46 bits per heavy atom. The zero-order valence-electron chi connectivity index (χ0n) is 23.1. The van der Waals surface area contributed by atoms with Crippen LogP contribution in [0.15, 0.2) is 30.3 Å². The minimum Gasteiger partial charge on any atom is -0.415 e. The van der Waals surface area contributed by atoms with Gasteiger partial charge in [-0.2, -0.15) is 22.0 Å². The van der Waals surface area contributed by atoms with Crippen LogP contribution in [0.4, 0.5) is 4.39 Å². The zero-order valence-corrected chi connectivity index (χ0v) is 24.9. The maximum absolute atomic E-state index is 15.6. The summed E-state index contributed by atoms with van der Waals surface area (Å²) in [6.45, 7) is 17.2. The van der Waals surface area contributed by atoms with Gasteiger partial charge in [0, 0.05) is 41.2 Å². The van der Waals surface area contributed by atoms with Gasteiger partial charge in [0.25, 0.3) is 0 Å². The van der Waals surface area contributed by atoms with Gasteiger partial charge >= 0.3 is 0 Å². The molecule has 5 rings (SSSR count). The van der Waals surface area contributed by atoms with Crippen LogP contribution in [0, 0.1) is 12.7 Å². The van der Waals surface area contributed by atoms with Gasteiger partial charge in [0.1, 0.15) is 17.5 Å². The Morgan fingerprint density at radius 2 is 1.84 bits per heavy atom. The molecule has 37 heavy (non-hydrogen) atoms. The lowest BCUT2D eigenvalue weighted by Crippen LogP contribution is -2.45. The molecule has 1 atom stereocenters. The fourth-order valence-electron chi connectivity index (χ4n) is 4.82. The van der Waals surface area contributed by atoms with Crippen molar-refractivity contribution in [3.63, 3.8) is 0 Å². The third-order valence-electron chi connectivity index (χ3n) is 8.43. The third kappa shape index (κ3) is 5.02. The average Bonchev–Trinajstić information content (AvgIpc) is 3.56. The van der Waals surface area contributed by atoms with Crippen LogP contribution >= 0.6 is 11.8 Å². The fourth-order valence-corrected chi connectivity index (χ4v) is 7.18. The normalized spacial score (nSPS) is 21.4. The van der Waals surface area contributed by atoms with E-state index in [4.69, 9.17) is 4.43 Å². The van der Waals surface area contributed by atoms with Gasteiger partial charge in [-0.15, -0.1) is 10.2 Å². The summed E-state index contributed by atoms with van der Waals surface area (Å²) < 4.78 is 24.4. The number of halogens is 1. The Morgan fingerprint density at radius 1 is 1.08 bits per heavy atom. The molecular formula is C28H38FN5OSSi. The summed E-state index contributed by atoms with van der Waals surface area (Å²) in [5.74, 6) is 2.63. The van der Waals surface area contributed by atoms with E-state index in [1.54, 1.807) is 6.07 Å². The van der Waals surface area contributed by atoms with Gasteiger partial charge < -0.3 is 8.99 Å². The van der Waals surface area contributed by atoms with Crippen LogP contribution in [-0.2, 0) is 22.8 Å². The zero-order chi connectivity index (χ0) is 26.6. The first-order valence-corrected chi connectivity index (χ1v) is 17.0. The van der Waals surface area contributed by atoms with Crippen LogP contribution in [0.2, 0.25) is 18.1 Å². The maximum Gasteiger partial charge on any atom is 0.192 e. The monoisotopic (exact) mass is 539 g/mol. The number of hydrogen-bond acceptors (Lipinski definition) is 6. The van der Waals surface area contributed by atoms with E-state index >= 15 is 4.39 Å². The van der Waals surface area contributed by atoms with E-state index in [1.165, 1.54) is 0 Å².